The van der Waals surface area contributed by atoms with E-state index in [0.29, 0.717) is 35.3 Å². The number of nitrogens with zero attached hydrogens (tertiary/aromatic N) is 3. The smallest absolute Gasteiger partial charge is 0.338 e. The van der Waals surface area contributed by atoms with Crippen molar-refractivity contribution in [3.05, 3.63) is 48.0 Å². The van der Waals surface area contributed by atoms with Gasteiger partial charge >= 0.3 is 5.97 Å². The second kappa shape index (κ2) is 8.60. The van der Waals surface area contributed by atoms with Crippen LogP contribution in [0.25, 0.3) is 11.0 Å². The van der Waals surface area contributed by atoms with Gasteiger partial charge in [-0.25, -0.2) is 4.79 Å². The van der Waals surface area contributed by atoms with Crippen molar-refractivity contribution in [1.82, 2.24) is 20.8 Å². The van der Waals surface area contributed by atoms with Crippen LogP contribution in [0.3, 0.4) is 0 Å². The molecule has 2 heterocycles. The van der Waals surface area contributed by atoms with Gasteiger partial charge in [0.15, 0.2) is 0 Å². The van der Waals surface area contributed by atoms with Crippen LogP contribution in [-0.2, 0) is 9.53 Å². The van der Waals surface area contributed by atoms with Crippen molar-refractivity contribution >= 4 is 28.6 Å². The van der Waals surface area contributed by atoms with E-state index >= 15 is 0 Å². The van der Waals surface area contributed by atoms with Crippen molar-refractivity contribution in [2.75, 3.05) is 31.4 Å². The van der Waals surface area contributed by atoms with Gasteiger partial charge in [-0.05, 0) is 55.8 Å². The highest BCUT2D eigenvalue weighted by Crippen LogP contribution is 2.31. The topological polar surface area (TPSA) is 130 Å². The van der Waals surface area contributed by atoms with Gasteiger partial charge in [0, 0.05) is 6.61 Å². The lowest BCUT2D eigenvalue weighted by atomic mass is 9.87. The van der Waals surface area contributed by atoms with Crippen LogP contribution in [0.15, 0.2) is 42.5 Å². The first-order valence-electron chi connectivity index (χ1n) is 9.88. The second-order valence-electron chi connectivity index (χ2n) is 7.57. The molecule has 4 rings (SSSR count). The standard InChI is InChI=1S/C21H23N5O5/c1-21(8-9-27)13-26(24-20(21)29)15-3-5-16(6-4-15)30-10-11-31-19(28)14-2-7-17-18(12-14)23-25-22-17/h2-7,12,27H,8-11,13H2,1H3,(H,24,29)(H,22,23,25). The van der Waals surface area contributed by atoms with E-state index in [1.807, 2.05) is 19.1 Å². The number of anilines is 1. The fourth-order valence-electron chi connectivity index (χ4n) is 3.38. The largest absolute Gasteiger partial charge is 0.490 e. The van der Waals surface area contributed by atoms with E-state index in [1.54, 1.807) is 35.3 Å². The van der Waals surface area contributed by atoms with Crippen LogP contribution in [0.4, 0.5) is 5.69 Å². The lowest BCUT2D eigenvalue weighted by molar-refractivity contribution is -0.127. The fraction of sp³-hybridized carbons (Fsp3) is 0.333. The summed E-state index contributed by atoms with van der Waals surface area (Å²) in [6, 6.07) is 12.2. The maximum atomic E-state index is 12.2. The van der Waals surface area contributed by atoms with E-state index in [4.69, 9.17) is 9.47 Å². The van der Waals surface area contributed by atoms with Crippen LogP contribution in [0.2, 0.25) is 0 Å². The molecule has 1 aliphatic heterocycles. The third kappa shape index (κ3) is 4.43. The SMILES string of the molecule is CC1(CCO)CN(c2ccc(OCCOC(=O)c3ccc4n[nH]nc4c3)cc2)NC1=O. The number of fused-ring (bicyclic) bond motifs is 1. The predicted octanol–water partition coefficient (Wildman–Crippen LogP) is 1.43. The molecule has 0 aliphatic carbocycles. The van der Waals surface area contributed by atoms with Crippen LogP contribution < -0.4 is 15.2 Å². The number of aromatic amines is 1. The molecule has 2 aromatic carbocycles. The van der Waals surface area contributed by atoms with Crippen LogP contribution >= 0.6 is 0 Å². The van der Waals surface area contributed by atoms with Crippen LogP contribution in [0.1, 0.15) is 23.7 Å². The van der Waals surface area contributed by atoms with Gasteiger partial charge in [0.25, 0.3) is 0 Å². The minimum Gasteiger partial charge on any atom is -0.490 e. The first-order valence-corrected chi connectivity index (χ1v) is 9.88. The summed E-state index contributed by atoms with van der Waals surface area (Å²) >= 11 is 0. The van der Waals surface area contributed by atoms with Crippen LogP contribution in [-0.4, -0.2) is 58.8 Å². The minimum atomic E-state index is -0.619. The average molecular weight is 425 g/mol. The number of carbonyl (C=O) groups is 2. The Kier molecular flexibility index (Phi) is 5.72. The lowest BCUT2D eigenvalue weighted by Crippen LogP contribution is -2.33. The number of aliphatic hydroxyl groups is 1. The van der Waals surface area contributed by atoms with Gasteiger partial charge in [0.2, 0.25) is 5.91 Å². The summed E-state index contributed by atoms with van der Waals surface area (Å²) in [4.78, 5) is 24.3. The molecular formula is C21H23N5O5. The predicted molar refractivity (Wildman–Crippen MR) is 111 cm³/mol. The van der Waals surface area contributed by atoms with Gasteiger partial charge in [0.1, 0.15) is 30.0 Å². The molecular weight excluding hydrogens is 402 g/mol. The number of amides is 1. The molecule has 3 aromatic rings. The zero-order chi connectivity index (χ0) is 21.8. The molecule has 31 heavy (non-hydrogen) atoms. The van der Waals surface area contributed by atoms with Crippen molar-refractivity contribution in [2.24, 2.45) is 5.41 Å². The Bertz CT molecular complexity index is 1080. The molecule has 1 fully saturated rings. The number of aliphatic hydroxyl groups excluding tert-OH is 1. The van der Waals surface area contributed by atoms with Crippen molar-refractivity contribution in [2.45, 2.75) is 13.3 Å². The van der Waals surface area contributed by atoms with Crippen molar-refractivity contribution in [1.29, 1.82) is 0 Å². The highest BCUT2D eigenvalue weighted by atomic mass is 16.6. The molecule has 1 atom stereocenters. The Morgan fingerprint density at radius 3 is 2.71 bits per heavy atom. The van der Waals surface area contributed by atoms with E-state index in [-0.39, 0.29) is 25.7 Å². The summed E-state index contributed by atoms with van der Waals surface area (Å²) in [5.41, 5.74) is 4.69. The maximum absolute atomic E-state index is 12.2. The summed E-state index contributed by atoms with van der Waals surface area (Å²) in [7, 11) is 0. The van der Waals surface area contributed by atoms with Gasteiger partial charge in [-0.1, -0.05) is 0 Å². The number of carbonyl (C=O) groups excluding carboxylic acids is 2. The van der Waals surface area contributed by atoms with Gasteiger partial charge in [0.05, 0.1) is 23.2 Å². The number of ether oxygens (including phenoxy) is 2. The van der Waals surface area contributed by atoms with Crippen molar-refractivity contribution < 1.29 is 24.2 Å². The molecule has 10 heteroatoms. The number of aromatic nitrogens is 3. The second-order valence-corrected chi connectivity index (χ2v) is 7.57. The van der Waals surface area contributed by atoms with Gasteiger partial charge in [-0.2, -0.15) is 15.4 Å². The van der Waals surface area contributed by atoms with Gasteiger partial charge in [-0.15, -0.1) is 0 Å². The molecule has 162 valence electrons. The zero-order valence-electron chi connectivity index (χ0n) is 17.0. The molecule has 0 bridgehead atoms. The lowest BCUT2D eigenvalue weighted by Gasteiger charge is -2.21. The third-order valence-electron chi connectivity index (χ3n) is 5.24. The zero-order valence-corrected chi connectivity index (χ0v) is 17.0. The van der Waals surface area contributed by atoms with E-state index in [2.05, 4.69) is 20.8 Å². The first-order chi connectivity index (χ1) is 15.0. The first kappa shape index (κ1) is 20.6. The van der Waals surface area contributed by atoms with Crippen LogP contribution in [0, 0.1) is 5.41 Å². The fourth-order valence-corrected chi connectivity index (χ4v) is 3.38. The third-order valence-corrected chi connectivity index (χ3v) is 5.24. The molecule has 0 spiro atoms. The Labute approximate surface area is 178 Å². The maximum Gasteiger partial charge on any atom is 0.338 e. The van der Waals surface area contributed by atoms with E-state index < -0.39 is 11.4 Å². The average Bonchev–Trinajstić information content (AvgIpc) is 3.35. The Morgan fingerprint density at radius 1 is 1.16 bits per heavy atom. The number of rotatable bonds is 8. The number of hydrazine groups is 1. The summed E-state index contributed by atoms with van der Waals surface area (Å²) in [6.45, 7) is 2.57. The number of nitrogens with one attached hydrogen (secondary N) is 2. The summed E-state index contributed by atoms with van der Waals surface area (Å²) in [5.74, 6) is 0.0541. The van der Waals surface area contributed by atoms with E-state index in [1.165, 1.54) is 0 Å². The summed E-state index contributed by atoms with van der Waals surface area (Å²) < 4.78 is 10.9. The number of hydrogen-bond acceptors (Lipinski definition) is 8. The molecule has 0 saturated carbocycles. The van der Waals surface area contributed by atoms with E-state index in [0.717, 1.165) is 5.69 Å². The quantitative estimate of drug-likeness (QED) is 0.365. The number of esters is 1. The number of benzene rings is 2. The monoisotopic (exact) mass is 425 g/mol. The highest BCUT2D eigenvalue weighted by Gasteiger charge is 2.41. The molecule has 1 aromatic heterocycles. The normalized spacial score (nSPS) is 18.3. The molecule has 10 nitrogen and oxygen atoms in total. The summed E-state index contributed by atoms with van der Waals surface area (Å²) in [5, 5.41) is 21.3. The Balaban J connectivity index is 1.25. The van der Waals surface area contributed by atoms with Crippen molar-refractivity contribution in [3.8, 4) is 5.75 Å². The minimum absolute atomic E-state index is 0.0378. The highest BCUT2D eigenvalue weighted by molar-refractivity contribution is 5.93. The molecule has 1 unspecified atom stereocenters. The number of hydrogen-bond donors (Lipinski definition) is 3. The molecule has 1 amide bonds. The van der Waals surface area contributed by atoms with Crippen LogP contribution in [0.5, 0.6) is 5.75 Å². The van der Waals surface area contributed by atoms with Crippen molar-refractivity contribution in [3.63, 3.8) is 0 Å². The molecule has 0 radical (unpaired) electrons. The molecule has 3 N–H and O–H groups in total. The molecule has 1 aliphatic rings. The summed E-state index contributed by atoms with van der Waals surface area (Å²) in [6.07, 6.45) is 0.404. The van der Waals surface area contributed by atoms with E-state index in [9.17, 15) is 14.7 Å². The molecule has 1 saturated heterocycles. The number of H-pyrrole nitrogens is 1. The Morgan fingerprint density at radius 2 is 1.94 bits per heavy atom. The Hall–Kier alpha value is -3.66. The van der Waals surface area contributed by atoms with Gasteiger partial charge in [-0.3, -0.25) is 15.2 Å². The van der Waals surface area contributed by atoms with Gasteiger partial charge < -0.3 is 14.6 Å².